The molecule has 0 aliphatic rings. The zero-order chi connectivity index (χ0) is 12.9. The minimum absolute atomic E-state index is 0.174. The highest BCUT2D eigenvalue weighted by Crippen LogP contribution is 2.32. The number of hydrogen-bond acceptors (Lipinski definition) is 3. The number of nitrogens with two attached hydrogens (primary N) is 1. The third kappa shape index (κ3) is 2.69. The summed E-state index contributed by atoms with van der Waals surface area (Å²) in [5, 5.41) is 0. The van der Waals surface area contributed by atoms with Gasteiger partial charge in [0.15, 0.2) is 0 Å². The van der Waals surface area contributed by atoms with E-state index in [0.717, 1.165) is 25.2 Å². The standard InChI is InChI=1S/C13H25N3O/c1-5-13(6-2,17-8-4)11(14)12-15-9-10-16(12)7-3/h9-11H,5-8,14H2,1-4H3. The Bertz CT molecular complexity index is 331. The summed E-state index contributed by atoms with van der Waals surface area (Å²) in [5.74, 6) is 0.921. The molecule has 0 amide bonds. The van der Waals surface area contributed by atoms with Crippen LogP contribution in [0.5, 0.6) is 0 Å². The molecule has 2 N–H and O–H groups in total. The van der Waals surface area contributed by atoms with Gasteiger partial charge in [-0.05, 0) is 26.7 Å². The summed E-state index contributed by atoms with van der Waals surface area (Å²) in [6.07, 6.45) is 5.57. The third-order valence-corrected chi connectivity index (χ3v) is 3.56. The average molecular weight is 239 g/mol. The summed E-state index contributed by atoms with van der Waals surface area (Å²) in [4.78, 5) is 4.39. The van der Waals surface area contributed by atoms with Crippen LogP contribution in [-0.2, 0) is 11.3 Å². The van der Waals surface area contributed by atoms with Crippen molar-refractivity contribution in [2.45, 2.75) is 58.7 Å². The Morgan fingerprint density at radius 1 is 1.35 bits per heavy atom. The fourth-order valence-electron chi connectivity index (χ4n) is 2.37. The molecule has 4 nitrogen and oxygen atoms in total. The van der Waals surface area contributed by atoms with Gasteiger partial charge >= 0.3 is 0 Å². The van der Waals surface area contributed by atoms with Crippen molar-refractivity contribution in [3.63, 3.8) is 0 Å². The third-order valence-electron chi connectivity index (χ3n) is 3.56. The van der Waals surface area contributed by atoms with Crippen molar-refractivity contribution in [1.29, 1.82) is 0 Å². The van der Waals surface area contributed by atoms with Gasteiger partial charge in [-0.1, -0.05) is 13.8 Å². The van der Waals surface area contributed by atoms with Crippen molar-refractivity contribution in [2.24, 2.45) is 5.73 Å². The van der Waals surface area contributed by atoms with E-state index in [-0.39, 0.29) is 11.6 Å². The molecule has 4 heteroatoms. The number of hydrogen-bond donors (Lipinski definition) is 1. The normalized spacial score (nSPS) is 13.9. The molecular formula is C13H25N3O. The molecular weight excluding hydrogens is 214 g/mol. The van der Waals surface area contributed by atoms with Crippen molar-refractivity contribution in [1.82, 2.24) is 9.55 Å². The first-order chi connectivity index (χ1) is 8.15. The molecule has 0 aromatic carbocycles. The summed E-state index contributed by atoms with van der Waals surface area (Å²) in [7, 11) is 0. The van der Waals surface area contributed by atoms with Crippen LogP contribution in [0.3, 0.4) is 0 Å². The second kappa shape index (κ2) is 6.17. The molecule has 1 aromatic rings. The predicted molar refractivity (Wildman–Crippen MR) is 69.8 cm³/mol. The molecule has 1 aromatic heterocycles. The van der Waals surface area contributed by atoms with E-state index in [9.17, 15) is 0 Å². The van der Waals surface area contributed by atoms with Crippen LogP contribution in [0, 0.1) is 0 Å². The van der Waals surface area contributed by atoms with Crippen LogP contribution in [0.25, 0.3) is 0 Å². The maximum atomic E-state index is 6.39. The highest BCUT2D eigenvalue weighted by atomic mass is 16.5. The van der Waals surface area contributed by atoms with Gasteiger partial charge in [0.2, 0.25) is 0 Å². The van der Waals surface area contributed by atoms with Crippen molar-refractivity contribution in [3.05, 3.63) is 18.2 Å². The zero-order valence-electron chi connectivity index (χ0n) is 11.4. The SMILES string of the molecule is CCOC(CC)(CC)C(N)c1nccn1CC. The van der Waals surface area contributed by atoms with E-state index in [1.807, 2.05) is 13.1 Å². The smallest absolute Gasteiger partial charge is 0.128 e. The topological polar surface area (TPSA) is 53.1 Å². The number of ether oxygens (including phenoxy) is 1. The molecule has 17 heavy (non-hydrogen) atoms. The summed E-state index contributed by atoms with van der Waals surface area (Å²) < 4.78 is 8.02. The number of aromatic nitrogens is 2. The van der Waals surface area contributed by atoms with Gasteiger partial charge in [-0.15, -0.1) is 0 Å². The van der Waals surface area contributed by atoms with Crippen LogP contribution in [0.4, 0.5) is 0 Å². The van der Waals surface area contributed by atoms with Crippen molar-refractivity contribution in [3.8, 4) is 0 Å². The second-order valence-corrected chi connectivity index (χ2v) is 4.25. The first-order valence-corrected chi connectivity index (χ1v) is 6.55. The molecule has 0 fully saturated rings. The molecule has 1 atom stereocenters. The molecule has 98 valence electrons. The van der Waals surface area contributed by atoms with Crippen LogP contribution >= 0.6 is 0 Å². The molecule has 0 spiro atoms. The largest absolute Gasteiger partial charge is 0.373 e. The molecule has 0 aliphatic carbocycles. The van der Waals surface area contributed by atoms with E-state index in [4.69, 9.17) is 10.5 Å². The predicted octanol–water partition coefficient (Wildman–Crippen LogP) is 2.50. The molecule has 0 saturated heterocycles. The first kappa shape index (κ1) is 14.2. The van der Waals surface area contributed by atoms with E-state index in [1.54, 1.807) is 6.20 Å². The van der Waals surface area contributed by atoms with Crippen molar-refractivity contribution >= 4 is 0 Å². The van der Waals surface area contributed by atoms with Crippen molar-refractivity contribution < 1.29 is 4.74 Å². The van der Waals surface area contributed by atoms with Gasteiger partial charge in [0, 0.05) is 25.5 Å². The van der Waals surface area contributed by atoms with E-state index in [0.29, 0.717) is 6.61 Å². The van der Waals surface area contributed by atoms with Gasteiger partial charge in [0.05, 0.1) is 11.6 Å². The zero-order valence-corrected chi connectivity index (χ0v) is 11.4. The van der Waals surface area contributed by atoms with E-state index < -0.39 is 0 Å². The maximum Gasteiger partial charge on any atom is 0.128 e. The van der Waals surface area contributed by atoms with Gasteiger partial charge in [-0.2, -0.15) is 0 Å². The second-order valence-electron chi connectivity index (χ2n) is 4.25. The van der Waals surface area contributed by atoms with E-state index >= 15 is 0 Å². The Labute approximate surface area is 104 Å². The molecule has 0 radical (unpaired) electrons. The molecule has 0 saturated carbocycles. The van der Waals surface area contributed by atoms with Crippen LogP contribution in [0.2, 0.25) is 0 Å². The lowest BCUT2D eigenvalue weighted by molar-refractivity contribution is -0.0669. The number of aryl methyl sites for hydroxylation is 1. The number of imidazole rings is 1. The monoisotopic (exact) mass is 239 g/mol. The lowest BCUT2D eigenvalue weighted by Crippen LogP contribution is -2.44. The van der Waals surface area contributed by atoms with E-state index in [1.165, 1.54) is 0 Å². The van der Waals surface area contributed by atoms with Gasteiger partial charge in [0.1, 0.15) is 5.82 Å². The molecule has 1 heterocycles. The fourth-order valence-corrected chi connectivity index (χ4v) is 2.37. The van der Waals surface area contributed by atoms with E-state index in [2.05, 4.69) is 30.3 Å². The summed E-state index contributed by atoms with van der Waals surface area (Å²) in [6, 6.07) is -0.174. The quantitative estimate of drug-likeness (QED) is 0.795. The van der Waals surface area contributed by atoms with Gasteiger partial charge in [-0.25, -0.2) is 4.98 Å². The first-order valence-electron chi connectivity index (χ1n) is 6.55. The average Bonchev–Trinajstić information content (AvgIpc) is 2.83. The summed E-state index contributed by atoms with van der Waals surface area (Å²) in [6.45, 7) is 9.93. The molecule has 0 bridgehead atoms. The lowest BCUT2D eigenvalue weighted by atomic mass is 9.88. The Hall–Kier alpha value is -0.870. The molecule has 1 rings (SSSR count). The van der Waals surface area contributed by atoms with Gasteiger partial charge in [0.25, 0.3) is 0 Å². The minimum atomic E-state index is -0.299. The van der Waals surface area contributed by atoms with Gasteiger partial charge < -0.3 is 15.0 Å². The minimum Gasteiger partial charge on any atom is -0.373 e. The number of nitrogens with zero attached hydrogens (tertiary/aromatic N) is 2. The van der Waals surface area contributed by atoms with Crippen LogP contribution in [0.15, 0.2) is 12.4 Å². The Balaban J connectivity index is 3.02. The highest BCUT2D eigenvalue weighted by molar-refractivity contribution is 5.06. The Morgan fingerprint density at radius 3 is 2.47 bits per heavy atom. The fraction of sp³-hybridized carbons (Fsp3) is 0.769. The molecule has 0 aliphatic heterocycles. The Kier molecular flexibility index (Phi) is 5.15. The van der Waals surface area contributed by atoms with Crippen LogP contribution in [0.1, 0.15) is 52.4 Å². The summed E-state index contributed by atoms with van der Waals surface area (Å²) >= 11 is 0. The van der Waals surface area contributed by atoms with Gasteiger partial charge in [-0.3, -0.25) is 0 Å². The van der Waals surface area contributed by atoms with Crippen LogP contribution in [-0.4, -0.2) is 21.8 Å². The Morgan fingerprint density at radius 2 is 2.00 bits per heavy atom. The summed E-state index contributed by atoms with van der Waals surface area (Å²) in [5.41, 5.74) is 6.10. The highest BCUT2D eigenvalue weighted by Gasteiger charge is 2.37. The van der Waals surface area contributed by atoms with Crippen molar-refractivity contribution in [2.75, 3.05) is 6.61 Å². The molecule has 1 unspecified atom stereocenters. The lowest BCUT2D eigenvalue weighted by Gasteiger charge is -2.36. The maximum absolute atomic E-state index is 6.39. The number of rotatable bonds is 7. The van der Waals surface area contributed by atoms with Crippen LogP contribution < -0.4 is 5.73 Å².